The van der Waals surface area contributed by atoms with Gasteiger partial charge in [-0.2, -0.15) is 5.10 Å². The molecule has 3 aromatic carbocycles. The maximum atomic E-state index is 14.3. The quantitative estimate of drug-likeness (QED) is 0.203. The average molecular weight is 692 g/mol. The van der Waals surface area contributed by atoms with Crippen LogP contribution in [0.1, 0.15) is 41.1 Å². The Bertz CT molecular complexity index is 2060. The van der Waals surface area contributed by atoms with E-state index < -0.39 is 17.4 Å². The number of anilines is 1. The number of hydrogen-bond donors (Lipinski definition) is 2. The number of aromatic amines is 1. The molecule has 2 amide bonds. The Balaban J connectivity index is 0.956. The van der Waals surface area contributed by atoms with Gasteiger partial charge in [-0.1, -0.05) is 24.3 Å². The third kappa shape index (κ3) is 6.94. The number of nitrogens with one attached hydrogen (secondary N) is 2. The lowest BCUT2D eigenvalue weighted by Gasteiger charge is -2.33. The number of ether oxygens (including phenoxy) is 2. The van der Waals surface area contributed by atoms with E-state index in [0.29, 0.717) is 65.6 Å². The first-order chi connectivity index (χ1) is 24.8. The van der Waals surface area contributed by atoms with Gasteiger partial charge in [0.25, 0.3) is 5.91 Å². The Morgan fingerprint density at radius 2 is 1.71 bits per heavy atom. The molecule has 2 saturated heterocycles. The van der Waals surface area contributed by atoms with E-state index in [1.807, 2.05) is 9.80 Å². The highest BCUT2D eigenvalue weighted by Crippen LogP contribution is 2.33. The number of rotatable bonds is 9. The number of likely N-dealkylation sites (tertiary alicyclic amines) is 2. The van der Waals surface area contributed by atoms with E-state index in [9.17, 15) is 18.8 Å². The molecule has 2 fully saturated rings. The number of carbonyl (C=O) groups excluding carboxylic acids is 3. The molecule has 0 bridgehead atoms. The Morgan fingerprint density at radius 1 is 0.961 bits per heavy atom. The van der Waals surface area contributed by atoms with Crippen molar-refractivity contribution < 1.29 is 28.2 Å². The topological polar surface area (TPSA) is 143 Å². The summed E-state index contributed by atoms with van der Waals surface area (Å²) in [6, 6.07) is 19.6. The van der Waals surface area contributed by atoms with Gasteiger partial charge in [-0.15, -0.1) is 0 Å². The van der Waals surface area contributed by atoms with Crippen molar-refractivity contribution in [1.29, 1.82) is 0 Å². The molecule has 7 rings (SSSR count). The van der Waals surface area contributed by atoms with Gasteiger partial charge in [-0.25, -0.2) is 19.2 Å². The summed E-state index contributed by atoms with van der Waals surface area (Å²) in [5, 5.41) is 11.0. The minimum Gasteiger partial charge on any atom is -0.465 e. The van der Waals surface area contributed by atoms with Gasteiger partial charge in [0, 0.05) is 67.9 Å². The van der Waals surface area contributed by atoms with Crippen LogP contribution in [0.15, 0.2) is 79.1 Å². The number of methoxy groups -OCH3 is 2. The van der Waals surface area contributed by atoms with E-state index in [1.165, 1.54) is 38.0 Å². The van der Waals surface area contributed by atoms with Gasteiger partial charge in [0.2, 0.25) is 5.91 Å². The summed E-state index contributed by atoms with van der Waals surface area (Å²) in [7, 11) is 2.70. The fraction of sp³-hybridized carbons (Fsp3) is 0.316. The van der Waals surface area contributed by atoms with E-state index >= 15 is 0 Å². The third-order valence-corrected chi connectivity index (χ3v) is 9.99. The van der Waals surface area contributed by atoms with Gasteiger partial charge in [0.05, 0.1) is 30.4 Å². The molecule has 1 atom stereocenters. The van der Waals surface area contributed by atoms with Crippen LogP contribution in [0.2, 0.25) is 0 Å². The number of nitrogens with zero attached hydrogens (tertiary/aromatic N) is 5. The summed E-state index contributed by atoms with van der Waals surface area (Å²) >= 11 is 0. The molecule has 5 aromatic rings. The van der Waals surface area contributed by atoms with Crippen LogP contribution in [0.4, 0.5) is 10.1 Å². The zero-order chi connectivity index (χ0) is 35.5. The molecule has 12 nitrogen and oxygen atoms in total. The first-order valence-electron chi connectivity index (χ1n) is 16.9. The van der Waals surface area contributed by atoms with Gasteiger partial charge in [-0.05, 0) is 73.2 Å². The first-order valence-corrected chi connectivity index (χ1v) is 16.9. The normalized spacial score (nSPS) is 18.2. The molecule has 13 heteroatoms. The standard InChI is InChI=1S/C38H38FN7O5/c1-50-36(48)29-20-27(8-10-31(29)39)34-30-21-28(9-11-32(30)43-44-34)42-37(49)38(51-2)14-19-45(23-38)22-33(47)46-17-12-25(13-18-46)24-4-6-26(7-5-24)35-40-15-3-16-41-35/h3-11,15-16,20-21,25H,12-14,17-19,22-23H2,1-2H3,(H,42,49)(H,43,44)/t38-/m0/s1. The van der Waals surface area contributed by atoms with Gasteiger partial charge in [0.15, 0.2) is 11.4 Å². The van der Waals surface area contributed by atoms with Crippen molar-refractivity contribution in [1.82, 2.24) is 30.0 Å². The summed E-state index contributed by atoms with van der Waals surface area (Å²) < 4.78 is 24.8. The molecule has 2 aliphatic rings. The number of benzene rings is 3. The Hall–Kier alpha value is -5.53. The number of hydrogen-bond acceptors (Lipinski definition) is 9. The van der Waals surface area contributed by atoms with Crippen LogP contribution in [-0.2, 0) is 19.1 Å². The van der Waals surface area contributed by atoms with E-state index in [0.717, 1.165) is 18.4 Å². The van der Waals surface area contributed by atoms with Crippen LogP contribution in [0.3, 0.4) is 0 Å². The van der Waals surface area contributed by atoms with Crippen LogP contribution < -0.4 is 5.32 Å². The second-order valence-electron chi connectivity index (χ2n) is 13.0. The number of aromatic nitrogens is 4. The number of esters is 1. The van der Waals surface area contributed by atoms with Crippen molar-refractivity contribution in [2.45, 2.75) is 30.8 Å². The molecule has 0 saturated carbocycles. The molecule has 2 aromatic heterocycles. The van der Waals surface area contributed by atoms with Crippen molar-refractivity contribution in [3.63, 3.8) is 0 Å². The second-order valence-corrected chi connectivity index (χ2v) is 13.0. The summed E-state index contributed by atoms with van der Waals surface area (Å²) in [6.07, 6.45) is 5.66. The average Bonchev–Trinajstić information content (AvgIpc) is 3.80. The molecule has 51 heavy (non-hydrogen) atoms. The fourth-order valence-corrected chi connectivity index (χ4v) is 7.04. The lowest BCUT2D eigenvalue weighted by Crippen LogP contribution is -2.48. The van der Waals surface area contributed by atoms with Gasteiger partial charge in [0.1, 0.15) is 5.82 Å². The third-order valence-electron chi connectivity index (χ3n) is 9.99. The van der Waals surface area contributed by atoms with E-state index in [1.54, 1.807) is 36.7 Å². The Kier molecular flexibility index (Phi) is 9.56. The molecule has 0 spiro atoms. The molecule has 0 radical (unpaired) electrons. The van der Waals surface area contributed by atoms with Crippen molar-refractivity contribution >= 4 is 34.4 Å². The smallest absolute Gasteiger partial charge is 0.340 e. The largest absolute Gasteiger partial charge is 0.465 e. The van der Waals surface area contributed by atoms with Crippen molar-refractivity contribution in [3.05, 3.63) is 96.1 Å². The van der Waals surface area contributed by atoms with E-state index in [-0.39, 0.29) is 30.5 Å². The van der Waals surface area contributed by atoms with E-state index in [4.69, 9.17) is 9.47 Å². The number of piperidine rings is 1. The molecule has 0 unspecified atom stereocenters. The highest BCUT2D eigenvalue weighted by molar-refractivity contribution is 6.02. The number of amides is 2. The number of H-pyrrole nitrogens is 1. The molecule has 2 aliphatic heterocycles. The molecule has 0 aliphatic carbocycles. The highest BCUT2D eigenvalue weighted by Gasteiger charge is 2.45. The molecular weight excluding hydrogens is 653 g/mol. The summed E-state index contributed by atoms with van der Waals surface area (Å²) in [6.45, 7) is 2.39. The SMILES string of the molecule is COC(=O)c1cc(-c2n[nH]c3ccc(NC(=O)[C@]4(OC)CCN(CC(=O)N5CCC(c6ccc(-c7ncccn7)cc6)CC5)C4)cc23)ccc1F. The van der Waals surface area contributed by atoms with Gasteiger partial charge >= 0.3 is 5.97 Å². The monoisotopic (exact) mass is 691 g/mol. The lowest BCUT2D eigenvalue weighted by molar-refractivity contribution is -0.138. The van der Waals surface area contributed by atoms with Crippen LogP contribution in [0, 0.1) is 5.82 Å². The lowest BCUT2D eigenvalue weighted by atomic mass is 9.89. The Morgan fingerprint density at radius 3 is 2.43 bits per heavy atom. The molecular formula is C38H38FN7O5. The predicted molar refractivity (Wildman–Crippen MR) is 188 cm³/mol. The maximum absolute atomic E-state index is 14.3. The van der Waals surface area contributed by atoms with Crippen LogP contribution in [-0.4, -0.2) is 100 Å². The summed E-state index contributed by atoms with van der Waals surface area (Å²) in [5.74, 6) is -0.677. The number of carbonyl (C=O) groups is 3. The van der Waals surface area contributed by atoms with Crippen molar-refractivity contribution in [2.75, 3.05) is 52.3 Å². The van der Waals surface area contributed by atoms with E-state index in [2.05, 4.69) is 49.7 Å². The number of fused-ring (bicyclic) bond motifs is 1. The minimum absolute atomic E-state index is 0.0476. The van der Waals surface area contributed by atoms with Crippen LogP contribution in [0.5, 0.6) is 0 Å². The van der Waals surface area contributed by atoms with Crippen molar-refractivity contribution in [3.8, 4) is 22.6 Å². The van der Waals surface area contributed by atoms with Gasteiger partial charge in [-0.3, -0.25) is 19.6 Å². The highest BCUT2D eigenvalue weighted by atomic mass is 19.1. The predicted octanol–water partition coefficient (Wildman–Crippen LogP) is 5.05. The molecule has 2 N–H and O–H groups in total. The Labute approximate surface area is 294 Å². The van der Waals surface area contributed by atoms with Crippen LogP contribution in [0.25, 0.3) is 33.5 Å². The molecule has 4 heterocycles. The van der Waals surface area contributed by atoms with Crippen LogP contribution >= 0.6 is 0 Å². The number of halogens is 1. The zero-order valence-electron chi connectivity index (χ0n) is 28.4. The second kappa shape index (κ2) is 14.4. The minimum atomic E-state index is -1.13. The zero-order valence-corrected chi connectivity index (χ0v) is 28.4. The first kappa shape index (κ1) is 33.9. The van der Waals surface area contributed by atoms with Crippen molar-refractivity contribution in [2.24, 2.45) is 0 Å². The maximum Gasteiger partial charge on any atom is 0.340 e. The molecule has 262 valence electrons. The summed E-state index contributed by atoms with van der Waals surface area (Å²) in [4.78, 5) is 51.7. The fourth-order valence-electron chi connectivity index (χ4n) is 7.04. The van der Waals surface area contributed by atoms with Gasteiger partial charge < -0.3 is 19.7 Å². The summed E-state index contributed by atoms with van der Waals surface area (Å²) in [5.41, 5.74) is 3.10.